The molecule has 0 aliphatic heterocycles. The molecule has 0 saturated heterocycles. The quantitative estimate of drug-likeness (QED) is 0.615. The van der Waals surface area contributed by atoms with E-state index in [2.05, 4.69) is 22.0 Å². The topological polar surface area (TPSA) is 36.9 Å². The first kappa shape index (κ1) is 10.4. The second-order valence-electron chi connectivity index (χ2n) is 3.85. The van der Waals surface area contributed by atoms with Gasteiger partial charge in [0.05, 0.1) is 6.07 Å². The number of para-hydroxylation sites is 1. The molecule has 3 aromatic rings. The summed E-state index contributed by atoms with van der Waals surface area (Å²) in [4.78, 5) is -0.277. The van der Waals surface area contributed by atoms with E-state index in [1.54, 1.807) is 0 Å². The number of hydrogen-bond acceptors (Lipinski definition) is 2. The van der Waals surface area contributed by atoms with E-state index in [1.807, 2.05) is 42.5 Å². The second kappa shape index (κ2) is 3.90. The van der Waals surface area contributed by atoms with Gasteiger partial charge in [0.15, 0.2) is 0 Å². The van der Waals surface area contributed by atoms with Gasteiger partial charge in [-0.2, -0.15) is 5.26 Å². The summed E-state index contributed by atoms with van der Waals surface area (Å²) in [7, 11) is 0. The molecule has 3 rings (SSSR count). The fourth-order valence-electron chi connectivity index (χ4n) is 1.98. The fourth-order valence-corrected chi connectivity index (χ4v) is 2.26. The number of benzene rings is 2. The van der Waals surface area contributed by atoms with Crippen LogP contribution in [0.5, 0.6) is 0 Å². The van der Waals surface area contributed by atoms with Crippen LogP contribution in [0.1, 0.15) is 10.4 Å². The molecule has 0 amide bonds. The molecule has 82 valence electrons. The maximum atomic E-state index is 8.90. The number of halogens is 1. The Labute approximate surface area is 107 Å². The zero-order valence-electron chi connectivity index (χ0n) is 8.85. The third-order valence-corrected chi connectivity index (χ3v) is 3.54. The molecule has 1 atom stereocenters. The third kappa shape index (κ3) is 1.62. The van der Waals surface area contributed by atoms with Crippen molar-refractivity contribution in [2.24, 2.45) is 0 Å². The third-order valence-electron chi connectivity index (χ3n) is 2.81. The first-order valence-corrected chi connectivity index (χ1v) is 6.16. The van der Waals surface area contributed by atoms with Crippen LogP contribution in [0.15, 0.2) is 46.9 Å². The van der Waals surface area contributed by atoms with E-state index in [1.165, 1.54) is 0 Å². The summed E-state index contributed by atoms with van der Waals surface area (Å²) in [6.07, 6.45) is 0. The van der Waals surface area contributed by atoms with Crippen molar-refractivity contribution in [3.8, 4) is 6.07 Å². The van der Waals surface area contributed by atoms with Crippen LogP contribution < -0.4 is 0 Å². The van der Waals surface area contributed by atoms with Crippen LogP contribution >= 0.6 is 15.9 Å². The van der Waals surface area contributed by atoms with Crippen molar-refractivity contribution in [2.45, 2.75) is 4.83 Å². The number of rotatable bonds is 1. The molecular weight excluding hydrogens is 278 g/mol. The van der Waals surface area contributed by atoms with Crippen molar-refractivity contribution >= 4 is 37.9 Å². The molecule has 1 aromatic heterocycles. The van der Waals surface area contributed by atoms with Crippen LogP contribution in [0.2, 0.25) is 0 Å². The highest BCUT2D eigenvalue weighted by Crippen LogP contribution is 2.32. The number of nitrogens with zero attached hydrogens (tertiary/aromatic N) is 1. The lowest BCUT2D eigenvalue weighted by Gasteiger charge is -2.00. The lowest BCUT2D eigenvalue weighted by molar-refractivity contribution is 0.669. The van der Waals surface area contributed by atoms with Gasteiger partial charge in [0.1, 0.15) is 16.0 Å². The highest BCUT2D eigenvalue weighted by atomic mass is 79.9. The van der Waals surface area contributed by atoms with Gasteiger partial charge in [0.2, 0.25) is 0 Å². The summed E-state index contributed by atoms with van der Waals surface area (Å²) in [5.41, 5.74) is 2.68. The number of furan rings is 1. The number of hydrogen-bond donors (Lipinski definition) is 0. The smallest absolute Gasteiger partial charge is 0.135 e. The van der Waals surface area contributed by atoms with Crippen molar-refractivity contribution in [3.63, 3.8) is 0 Å². The van der Waals surface area contributed by atoms with E-state index in [-0.39, 0.29) is 4.83 Å². The van der Waals surface area contributed by atoms with E-state index in [4.69, 9.17) is 9.68 Å². The zero-order valence-corrected chi connectivity index (χ0v) is 10.4. The van der Waals surface area contributed by atoms with Crippen molar-refractivity contribution in [1.29, 1.82) is 5.26 Å². The van der Waals surface area contributed by atoms with Gasteiger partial charge in [0.25, 0.3) is 0 Å². The Morgan fingerprint density at radius 2 is 1.82 bits per heavy atom. The number of fused-ring (bicyclic) bond motifs is 3. The average molecular weight is 286 g/mol. The van der Waals surface area contributed by atoms with Crippen LogP contribution in [0.4, 0.5) is 0 Å². The Bertz CT molecular complexity index is 739. The molecule has 0 fully saturated rings. The van der Waals surface area contributed by atoms with Gasteiger partial charge in [-0.05, 0) is 23.8 Å². The number of nitriles is 1. The molecule has 17 heavy (non-hydrogen) atoms. The van der Waals surface area contributed by atoms with E-state index < -0.39 is 0 Å². The first-order valence-electron chi connectivity index (χ1n) is 5.24. The van der Waals surface area contributed by atoms with Crippen LogP contribution in [-0.4, -0.2) is 0 Å². The van der Waals surface area contributed by atoms with E-state index >= 15 is 0 Å². The minimum absolute atomic E-state index is 0.277. The normalized spacial score (nSPS) is 12.7. The zero-order chi connectivity index (χ0) is 11.8. The summed E-state index contributed by atoms with van der Waals surface area (Å²) < 4.78 is 5.72. The molecule has 1 unspecified atom stereocenters. The second-order valence-corrected chi connectivity index (χ2v) is 4.76. The lowest BCUT2D eigenvalue weighted by atomic mass is 10.1. The van der Waals surface area contributed by atoms with E-state index in [0.717, 1.165) is 27.5 Å². The predicted molar refractivity (Wildman–Crippen MR) is 71.0 cm³/mol. The Kier molecular flexibility index (Phi) is 2.38. The standard InChI is InChI=1S/C14H8BrNO/c15-12(8-16)9-5-6-14-11(7-9)10-3-1-2-4-13(10)17-14/h1-7,12H. The fraction of sp³-hybridized carbons (Fsp3) is 0.0714. The average Bonchev–Trinajstić information content (AvgIpc) is 2.75. The molecule has 0 aliphatic carbocycles. The maximum Gasteiger partial charge on any atom is 0.135 e. The molecule has 0 saturated carbocycles. The minimum Gasteiger partial charge on any atom is -0.456 e. The predicted octanol–water partition coefficient (Wildman–Crippen LogP) is 4.55. The molecule has 2 nitrogen and oxygen atoms in total. The summed E-state index contributed by atoms with van der Waals surface area (Å²) in [5.74, 6) is 0. The van der Waals surface area contributed by atoms with Crippen LogP contribution in [0.25, 0.3) is 21.9 Å². The first-order chi connectivity index (χ1) is 8.29. The van der Waals surface area contributed by atoms with Crippen LogP contribution in [-0.2, 0) is 0 Å². The highest BCUT2D eigenvalue weighted by Gasteiger charge is 2.10. The minimum atomic E-state index is -0.277. The summed E-state index contributed by atoms with van der Waals surface area (Å²) in [6.45, 7) is 0. The molecule has 2 aromatic carbocycles. The van der Waals surface area contributed by atoms with Crippen molar-refractivity contribution in [2.75, 3.05) is 0 Å². The summed E-state index contributed by atoms with van der Waals surface area (Å²) in [6, 6.07) is 15.9. The largest absolute Gasteiger partial charge is 0.456 e. The maximum absolute atomic E-state index is 8.90. The number of alkyl halides is 1. The molecule has 0 bridgehead atoms. The van der Waals surface area contributed by atoms with Crippen LogP contribution in [0, 0.1) is 11.3 Å². The summed E-state index contributed by atoms with van der Waals surface area (Å²) in [5, 5.41) is 11.0. The molecule has 0 radical (unpaired) electrons. The van der Waals surface area contributed by atoms with Gasteiger partial charge in [-0.3, -0.25) is 0 Å². The Morgan fingerprint density at radius 1 is 1.06 bits per heavy atom. The monoisotopic (exact) mass is 285 g/mol. The van der Waals surface area contributed by atoms with E-state index in [9.17, 15) is 0 Å². The van der Waals surface area contributed by atoms with Crippen LogP contribution in [0.3, 0.4) is 0 Å². The molecule has 0 spiro atoms. The summed E-state index contributed by atoms with van der Waals surface area (Å²) >= 11 is 3.33. The molecule has 3 heteroatoms. The SMILES string of the molecule is N#CC(Br)c1ccc2oc3ccccc3c2c1. The highest BCUT2D eigenvalue weighted by molar-refractivity contribution is 9.09. The van der Waals surface area contributed by atoms with Crippen molar-refractivity contribution in [3.05, 3.63) is 48.0 Å². The Hall–Kier alpha value is -1.79. The van der Waals surface area contributed by atoms with Gasteiger partial charge in [-0.25, -0.2) is 0 Å². The van der Waals surface area contributed by atoms with Gasteiger partial charge in [-0.1, -0.05) is 40.2 Å². The van der Waals surface area contributed by atoms with E-state index in [0.29, 0.717) is 0 Å². The molecule has 1 heterocycles. The van der Waals surface area contributed by atoms with Gasteiger partial charge in [0, 0.05) is 10.8 Å². The van der Waals surface area contributed by atoms with Gasteiger partial charge >= 0.3 is 0 Å². The molecule has 0 N–H and O–H groups in total. The molecule has 0 aliphatic rings. The van der Waals surface area contributed by atoms with Gasteiger partial charge < -0.3 is 4.42 Å². The van der Waals surface area contributed by atoms with Gasteiger partial charge in [-0.15, -0.1) is 0 Å². The molecular formula is C14H8BrNO. The lowest BCUT2D eigenvalue weighted by Crippen LogP contribution is -1.84. The van der Waals surface area contributed by atoms with Crippen molar-refractivity contribution < 1.29 is 4.42 Å². The van der Waals surface area contributed by atoms with Crippen molar-refractivity contribution in [1.82, 2.24) is 0 Å². The Morgan fingerprint density at radius 3 is 2.65 bits per heavy atom. The Balaban J connectivity index is 2.34.